The van der Waals surface area contributed by atoms with Gasteiger partial charge in [0.25, 0.3) is 0 Å². The molecule has 1 aliphatic carbocycles. The van der Waals surface area contributed by atoms with E-state index in [-0.39, 0.29) is 0 Å². The van der Waals surface area contributed by atoms with Crippen molar-refractivity contribution in [3.8, 4) is 0 Å². The molecule has 2 aromatic rings. The van der Waals surface area contributed by atoms with Gasteiger partial charge in [0.05, 0.1) is 4.34 Å². The molecule has 1 saturated carbocycles. The zero-order valence-corrected chi connectivity index (χ0v) is 14.0. The normalized spacial score (nSPS) is 23.9. The Morgan fingerprint density at radius 3 is 2.57 bits per heavy atom. The molecule has 0 radical (unpaired) electrons. The summed E-state index contributed by atoms with van der Waals surface area (Å²) < 4.78 is 0.877. The minimum Gasteiger partial charge on any atom is -0.306 e. The van der Waals surface area contributed by atoms with Gasteiger partial charge in [-0.3, -0.25) is 0 Å². The van der Waals surface area contributed by atoms with Crippen LogP contribution in [0, 0.1) is 0 Å². The molecule has 1 nitrogen and oxygen atoms in total. The summed E-state index contributed by atoms with van der Waals surface area (Å²) in [6, 6.07) is 16.0. The van der Waals surface area contributed by atoms with Crippen LogP contribution >= 0.6 is 22.9 Å². The third-order valence-corrected chi connectivity index (χ3v) is 5.89. The lowest BCUT2D eigenvalue weighted by atomic mass is 9.79. The first-order valence-corrected chi connectivity index (χ1v) is 8.99. The zero-order valence-electron chi connectivity index (χ0n) is 12.4. The number of thiophene rings is 1. The topological polar surface area (TPSA) is 12.0 Å². The molecule has 0 aliphatic heterocycles. The maximum Gasteiger partial charge on any atom is 0.0931 e. The molecule has 3 heteroatoms. The SMILES string of the molecule is CC(NC1CCCCC1c1ccccc1)c1ccc(Cl)s1. The molecule has 1 N–H and O–H groups in total. The Kier molecular flexibility index (Phi) is 4.99. The van der Waals surface area contributed by atoms with E-state index in [0.29, 0.717) is 18.0 Å². The molecular formula is C18H22ClNS. The van der Waals surface area contributed by atoms with E-state index in [2.05, 4.69) is 48.6 Å². The van der Waals surface area contributed by atoms with Crippen LogP contribution in [0.15, 0.2) is 42.5 Å². The molecule has 3 unspecified atom stereocenters. The monoisotopic (exact) mass is 319 g/mol. The van der Waals surface area contributed by atoms with Crippen molar-refractivity contribution in [1.29, 1.82) is 0 Å². The summed E-state index contributed by atoms with van der Waals surface area (Å²) in [6.07, 6.45) is 5.23. The third kappa shape index (κ3) is 3.68. The zero-order chi connectivity index (χ0) is 14.7. The number of hydrogen-bond acceptors (Lipinski definition) is 2. The Morgan fingerprint density at radius 1 is 1.10 bits per heavy atom. The molecule has 3 rings (SSSR count). The van der Waals surface area contributed by atoms with E-state index in [1.54, 1.807) is 11.3 Å². The fraction of sp³-hybridized carbons (Fsp3) is 0.444. The summed E-state index contributed by atoms with van der Waals surface area (Å²) in [7, 11) is 0. The van der Waals surface area contributed by atoms with Crippen molar-refractivity contribution in [3.63, 3.8) is 0 Å². The van der Waals surface area contributed by atoms with Crippen molar-refractivity contribution >= 4 is 22.9 Å². The van der Waals surface area contributed by atoms with Gasteiger partial charge in [0.1, 0.15) is 0 Å². The second-order valence-electron chi connectivity index (χ2n) is 5.94. The van der Waals surface area contributed by atoms with Crippen molar-refractivity contribution in [3.05, 3.63) is 57.2 Å². The van der Waals surface area contributed by atoms with Gasteiger partial charge >= 0.3 is 0 Å². The summed E-state index contributed by atoms with van der Waals surface area (Å²) in [4.78, 5) is 1.33. The number of rotatable bonds is 4. The van der Waals surface area contributed by atoms with Crippen LogP contribution in [0.3, 0.4) is 0 Å². The molecule has 1 aromatic carbocycles. The highest BCUT2D eigenvalue weighted by molar-refractivity contribution is 7.16. The van der Waals surface area contributed by atoms with E-state index in [9.17, 15) is 0 Å². The molecule has 112 valence electrons. The smallest absolute Gasteiger partial charge is 0.0931 e. The number of benzene rings is 1. The Bertz CT molecular complexity index is 566. The fourth-order valence-electron chi connectivity index (χ4n) is 3.39. The standard InChI is InChI=1S/C18H22ClNS/c1-13(17-11-12-18(19)21-17)20-16-10-6-5-9-15(16)14-7-3-2-4-8-14/h2-4,7-8,11-13,15-16,20H,5-6,9-10H2,1H3. The average Bonchev–Trinajstić information content (AvgIpc) is 2.95. The lowest BCUT2D eigenvalue weighted by Crippen LogP contribution is -2.38. The molecule has 0 bridgehead atoms. The van der Waals surface area contributed by atoms with Crippen LogP contribution in [0.2, 0.25) is 4.34 Å². The second kappa shape index (κ2) is 6.95. The first kappa shape index (κ1) is 15.1. The summed E-state index contributed by atoms with van der Waals surface area (Å²) in [5, 5.41) is 3.85. The van der Waals surface area contributed by atoms with E-state index in [0.717, 1.165) is 4.34 Å². The van der Waals surface area contributed by atoms with Crippen LogP contribution in [-0.2, 0) is 0 Å². The van der Waals surface area contributed by atoms with Crippen LogP contribution in [0.4, 0.5) is 0 Å². The largest absolute Gasteiger partial charge is 0.306 e. The summed E-state index contributed by atoms with van der Waals surface area (Å²) in [5.74, 6) is 0.637. The van der Waals surface area contributed by atoms with Crippen molar-refractivity contribution in [2.75, 3.05) is 0 Å². The molecule has 0 amide bonds. The molecule has 1 heterocycles. The molecule has 1 aliphatic rings. The minimum absolute atomic E-state index is 0.372. The van der Waals surface area contributed by atoms with E-state index < -0.39 is 0 Å². The van der Waals surface area contributed by atoms with E-state index in [1.165, 1.54) is 36.1 Å². The molecule has 0 saturated heterocycles. The number of halogens is 1. The molecule has 3 atom stereocenters. The Morgan fingerprint density at radius 2 is 1.86 bits per heavy atom. The molecule has 1 aromatic heterocycles. The van der Waals surface area contributed by atoms with Crippen LogP contribution in [-0.4, -0.2) is 6.04 Å². The highest BCUT2D eigenvalue weighted by atomic mass is 35.5. The lowest BCUT2D eigenvalue weighted by Gasteiger charge is -2.34. The van der Waals surface area contributed by atoms with Gasteiger partial charge in [0.2, 0.25) is 0 Å². The Hall–Kier alpha value is -0.830. The van der Waals surface area contributed by atoms with E-state index in [4.69, 9.17) is 11.6 Å². The van der Waals surface area contributed by atoms with Gasteiger partial charge in [-0.05, 0) is 43.4 Å². The first-order valence-electron chi connectivity index (χ1n) is 7.80. The van der Waals surface area contributed by atoms with Crippen LogP contribution in [0.25, 0.3) is 0 Å². The fourth-order valence-corrected chi connectivity index (χ4v) is 4.47. The number of nitrogens with one attached hydrogen (secondary N) is 1. The summed E-state index contributed by atoms with van der Waals surface area (Å²) >= 11 is 7.75. The van der Waals surface area contributed by atoms with Gasteiger partial charge in [-0.1, -0.05) is 54.8 Å². The maximum absolute atomic E-state index is 6.06. The molecule has 0 spiro atoms. The first-order chi connectivity index (χ1) is 10.2. The van der Waals surface area contributed by atoms with E-state index in [1.807, 2.05) is 6.07 Å². The lowest BCUT2D eigenvalue weighted by molar-refractivity contribution is 0.307. The third-order valence-electron chi connectivity index (χ3n) is 4.48. The maximum atomic E-state index is 6.06. The minimum atomic E-state index is 0.372. The van der Waals surface area contributed by atoms with Crippen molar-refractivity contribution in [2.24, 2.45) is 0 Å². The molecule has 1 fully saturated rings. The van der Waals surface area contributed by atoms with Crippen LogP contribution < -0.4 is 5.32 Å². The van der Waals surface area contributed by atoms with Gasteiger partial charge in [-0.2, -0.15) is 0 Å². The highest BCUT2D eigenvalue weighted by Gasteiger charge is 2.27. The Labute approximate surface area is 136 Å². The highest BCUT2D eigenvalue weighted by Crippen LogP contribution is 2.35. The van der Waals surface area contributed by atoms with Gasteiger partial charge in [0, 0.05) is 17.0 Å². The van der Waals surface area contributed by atoms with Crippen molar-refractivity contribution < 1.29 is 0 Å². The van der Waals surface area contributed by atoms with Gasteiger partial charge in [-0.15, -0.1) is 11.3 Å². The summed E-state index contributed by atoms with van der Waals surface area (Å²) in [6.45, 7) is 2.25. The average molecular weight is 320 g/mol. The number of hydrogen-bond donors (Lipinski definition) is 1. The quantitative estimate of drug-likeness (QED) is 0.753. The second-order valence-corrected chi connectivity index (χ2v) is 7.69. The van der Waals surface area contributed by atoms with Gasteiger partial charge in [-0.25, -0.2) is 0 Å². The van der Waals surface area contributed by atoms with E-state index >= 15 is 0 Å². The van der Waals surface area contributed by atoms with Crippen molar-refractivity contribution in [2.45, 2.75) is 50.6 Å². The predicted molar refractivity (Wildman–Crippen MR) is 92.3 cm³/mol. The Balaban J connectivity index is 1.72. The van der Waals surface area contributed by atoms with Crippen LogP contribution in [0.1, 0.15) is 55.0 Å². The predicted octanol–water partition coefficient (Wildman–Crippen LogP) is 5.78. The van der Waals surface area contributed by atoms with Crippen LogP contribution in [0.5, 0.6) is 0 Å². The molecular weight excluding hydrogens is 298 g/mol. The van der Waals surface area contributed by atoms with Crippen molar-refractivity contribution in [1.82, 2.24) is 5.32 Å². The van der Waals surface area contributed by atoms with Gasteiger partial charge < -0.3 is 5.32 Å². The van der Waals surface area contributed by atoms with Gasteiger partial charge in [0.15, 0.2) is 0 Å². The molecule has 21 heavy (non-hydrogen) atoms. The summed E-state index contributed by atoms with van der Waals surface area (Å²) in [5.41, 5.74) is 1.48.